The average Bonchev–Trinajstić information content (AvgIpc) is 3.33. The van der Waals surface area contributed by atoms with Gasteiger partial charge in [-0.1, -0.05) is 78.9 Å². The Morgan fingerprint density at radius 1 is 0.862 bits per heavy atom. The van der Waals surface area contributed by atoms with Gasteiger partial charge in [0.05, 0.1) is 17.7 Å². The third kappa shape index (κ3) is 4.18. The predicted octanol–water partition coefficient (Wildman–Crippen LogP) is 4.65. The SMILES string of the molecule is O=C(c1ccccc1)[C@H](Cc1ccccc1-n1cccn1)[C@H](O)c1ccccc1. The number of ketones is 1. The zero-order valence-corrected chi connectivity index (χ0v) is 15.9. The van der Waals surface area contributed by atoms with E-state index in [0.717, 1.165) is 16.8 Å². The molecule has 4 rings (SSSR count). The van der Waals surface area contributed by atoms with Crippen molar-refractivity contribution in [2.24, 2.45) is 5.92 Å². The second kappa shape index (κ2) is 8.67. The first-order valence-corrected chi connectivity index (χ1v) is 9.64. The van der Waals surface area contributed by atoms with Crippen molar-refractivity contribution in [1.82, 2.24) is 9.78 Å². The van der Waals surface area contributed by atoms with Crippen LogP contribution in [0.3, 0.4) is 0 Å². The van der Waals surface area contributed by atoms with Crippen LogP contribution < -0.4 is 0 Å². The monoisotopic (exact) mass is 382 g/mol. The molecule has 0 fully saturated rings. The molecule has 0 spiro atoms. The minimum atomic E-state index is -0.908. The predicted molar refractivity (Wildman–Crippen MR) is 113 cm³/mol. The second-order valence-electron chi connectivity index (χ2n) is 6.98. The summed E-state index contributed by atoms with van der Waals surface area (Å²) in [7, 11) is 0. The van der Waals surface area contributed by atoms with Gasteiger partial charge in [-0.3, -0.25) is 4.79 Å². The molecule has 0 saturated carbocycles. The molecule has 0 aliphatic carbocycles. The van der Waals surface area contributed by atoms with Crippen molar-refractivity contribution in [3.8, 4) is 5.69 Å². The number of aliphatic hydroxyl groups excluding tert-OH is 1. The summed E-state index contributed by atoms with van der Waals surface area (Å²) in [5, 5.41) is 15.5. The summed E-state index contributed by atoms with van der Waals surface area (Å²) < 4.78 is 1.79. The van der Waals surface area contributed by atoms with Crippen molar-refractivity contribution in [3.63, 3.8) is 0 Å². The average molecular weight is 382 g/mol. The van der Waals surface area contributed by atoms with Crippen LogP contribution in [-0.4, -0.2) is 20.7 Å². The molecular formula is C25H22N2O2. The Bertz CT molecular complexity index is 1060. The largest absolute Gasteiger partial charge is 0.388 e. The van der Waals surface area contributed by atoms with Gasteiger partial charge in [0.15, 0.2) is 5.78 Å². The molecule has 144 valence electrons. The Morgan fingerprint density at radius 3 is 2.21 bits per heavy atom. The lowest BCUT2D eigenvalue weighted by atomic mass is 9.83. The molecule has 2 atom stereocenters. The number of aliphatic hydroxyl groups is 1. The van der Waals surface area contributed by atoms with E-state index in [1.165, 1.54) is 0 Å². The quantitative estimate of drug-likeness (QED) is 0.474. The molecule has 0 radical (unpaired) electrons. The van der Waals surface area contributed by atoms with E-state index < -0.39 is 12.0 Å². The zero-order chi connectivity index (χ0) is 20.1. The van der Waals surface area contributed by atoms with Gasteiger partial charge < -0.3 is 5.11 Å². The van der Waals surface area contributed by atoms with Crippen LogP contribution in [0, 0.1) is 5.92 Å². The number of hydrogen-bond acceptors (Lipinski definition) is 3. The summed E-state index contributed by atoms with van der Waals surface area (Å²) in [6.07, 6.45) is 3.09. The maximum Gasteiger partial charge on any atom is 0.169 e. The van der Waals surface area contributed by atoms with Gasteiger partial charge in [0, 0.05) is 18.0 Å². The number of para-hydroxylation sites is 1. The van der Waals surface area contributed by atoms with Gasteiger partial charge in [0.1, 0.15) is 0 Å². The fourth-order valence-electron chi connectivity index (χ4n) is 3.60. The van der Waals surface area contributed by atoms with Gasteiger partial charge >= 0.3 is 0 Å². The third-order valence-electron chi connectivity index (χ3n) is 5.10. The maximum atomic E-state index is 13.4. The minimum Gasteiger partial charge on any atom is -0.388 e. The summed E-state index contributed by atoms with van der Waals surface area (Å²) >= 11 is 0. The van der Waals surface area contributed by atoms with E-state index in [9.17, 15) is 9.90 Å². The first-order valence-electron chi connectivity index (χ1n) is 9.64. The molecule has 1 aromatic heterocycles. The number of benzene rings is 3. The maximum absolute atomic E-state index is 13.4. The van der Waals surface area contributed by atoms with Crippen LogP contribution in [0.1, 0.15) is 27.6 Å². The Kier molecular flexibility index (Phi) is 5.63. The van der Waals surface area contributed by atoms with Crippen molar-refractivity contribution in [3.05, 3.63) is 120 Å². The number of rotatable bonds is 7. The topological polar surface area (TPSA) is 55.1 Å². The van der Waals surface area contributed by atoms with E-state index in [-0.39, 0.29) is 5.78 Å². The van der Waals surface area contributed by atoms with Crippen molar-refractivity contribution >= 4 is 5.78 Å². The lowest BCUT2D eigenvalue weighted by Crippen LogP contribution is -2.25. The Morgan fingerprint density at radius 2 is 1.52 bits per heavy atom. The molecular weight excluding hydrogens is 360 g/mol. The second-order valence-corrected chi connectivity index (χ2v) is 6.98. The van der Waals surface area contributed by atoms with Crippen molar-refractivity contribution in [2.75, 3.05) is 0 Å². The number of nitrogens with zero attached hydrogens (tertiary/aromatic N) is 2. The highest BCUT2D eigenvalue weighted by Gasteiger charge is 2.30. The normalized spacial score (nSPS) is 13.0. The van der Waals surface area contributed by atoms with Crippen LogP contribution in [0.25, 0.3) is 5.69 Å². The molecule has 4 aromatic rings. The van der Waals surface area contributed by atoms with Crippen LogP contribution >= 0.6 is 0 Å². The number of hydrogen-bond donors (Lipinski definition) is 1. The fraction of sp³-hybridized carbons (Fsp3) is 0.120. The van der Waals surface area contributed by atoms with E-state index in [4.69, 9.17) is 0 Å². The molecule has 4 heteroatoms. The van der Waals surface area contributed by atoms with Crippen LogP contribution in [-0.2, 0) is 6.42 Å². The molecule has 1 N–H and O–H groups in total. The summed E-state index contributed by atoms with van der Waals surface area (Å²) in [6, 6.07) is 28.2. The number of carbonyl (C=O) groups excluding carboxylic acids is 1. The molecule has 0 bridgehead atoms. The summed E-state index contributed by atoms with van der Waals surface area (Å²) in [5.41, 5.74) is 3.20. The Labute approximate surface area is 170 Å². The van der Waals surface area contributed by atoms with Crippen LogP contribution in [0.5, 0.6) is 0 Å². The van der Waals surface area contributed by atoms with Gasteiger partial charge in [0.2, 0.25) is 0 Å². The van der Waals surface area contributed by atoms with E-state index in [1.54, 1.807) is 23.0 Å². The van der Waals surface area contributed by atoms with Crippen LogP contribution in [0.4, 0.5) is 0 Å². The van der Waals surface area contributed by atoms with Crippen molar-refractivity contribution in [1.29, 1.82) is 0 Å². The fourth-order valence-corrected chi connectivity index (χ4v) is 3.60. The number of aromatic nitrogens is 2. The minimum absolute atomic E-state index is 0.0720. The molecule has 0 unspecified atom stereocenters. The first-order chi connectivity index (χ1) is 14.2. The van der Waals surface area contributed by atoms with E-state index in [2.05, 4.69) is 5.10 Å². The third-order valence-corrected chi connectivity index (χ3v) is 5.10. The van der Waals surface area contributed by atoms with E-state index >= 15 is 0 Å². The summed E-state index contributed by atoms with van der Waals surface area (Å²) in [5.74, 6) is -0.686. The van der Waals surface area contributed by atoms with Crippen molar-refractivity contribution in [2.45, 2.75) is 12.5 Å². The highest BCUT2D eigenvalue weighted by molar-refractivity contribution is 5.98. The number of Topliss-reactive ketones (excluding diaryl/α,β-unsaturated/α-hetero) is 1. The van der Waals surface area contributed by atoms with Gasteiger partial charge in [-0.25, -0.2) is 4.68 Å². The molecule has 0 amide bonds. The summed E-state index contributed by atoms with van der Waals surface area (Å²) in [6.45, 7) is 0. The lowest BCUT2D eigenvalue weighted by Gasteiger charge is -2.23. The molecule has 4 nitrogen and oxygen atoms in total. The Balaban J connectivity index is 1.73. The van der Waals surface area contributed by atoms with Crippen LogP contribution in [0.2, 0.25) is 0 Å². The molecule has 0 aliphatic heterocycles. The van der Waals surface area contributed by atoms with E-state index in [0.29, 0.717) is 12.0 Å². The van der Waals surface area contributed by atoms with Crippen LogP contribution in [0.15, 0.2) is 103 Å². The lowest BCUT2D eigenvalue weighted by molar-refractivity contribution is 0.0676. The first kappa shape index (κ1) is 18.8. The highest BCUT2D eigenvalue weighted by Crippen LogP contribution is 2.30. The van der Waals surface area contributed by atoms with Gasteiger partial charge in [0.25, 0.3) is 0 Å². The van der Waals surface area contributed by atoms with E-state index in [1.807, 2.05) is 85.1 Å². The smallest absolute Gasteiger partial charge is 0.169 e. The summed E-state index contributed by atoms with van der Waals surface area (Å²) in [4.78, 5) is 13.4. The molecule has 0 saturated heterocycles. The molecule has 0 aliphatic rings. The van der Waals surface area contributed by atoms with Crippen molar-refractivity contribution < 1.29 is 9.90 Å². The van der Waals surface area contributed by atoms with Gasteiger partial charge in [-0.2, -0.15) is 5.10 Å². The highest BCUT2D eigenvalue weighted by atomic mass is 16.3. The van der Waals surface area contributed by atoms with Gasteiger partial charge in [-0.05, 0) is 29.7 Å². The standard InChI is InChI=1S/C25H22N2O2/c28-24(19-10-3-1-4-11-19)22(25(29)20-12-5-2-6-13-20)18-21-14-7-8-15-23(21)27-17-9-16-26-27/h1-17,22,24,28H,18H2/t22-,24-/m1/s1. The zero-order valence-electron chi connectivity index (χ0n) is 15.9. The number of carbonyl (C=O) groups is 1. The molecule has 29 heavy (non-hydrogen) atoms. The molecule has 1 heterocycles. The van der Waals surface area contributed by atoms with Gasteiger partial charge in [-0.15, -0.1) is 0 Å². The molecule has 3 aromatic carbocycles. The Hall–Kier alpha value is -3.50.